The maximum Gasteiger partial charge on any atom is 0.356 e. The Morgan fingerprint density at radius 2 is 2.25 bits per heavy atom. The first-order valence-electron chi connectivity index (χ1n) is 5.00. The van der Waals surface area contributed by atoms with E-state index in [1.807, 2.05) is 0 Å². The van der Waals surface area contributed by atoms with Crippen LogP contribution in [-0.4, -0.2) is 29.7 Å². The van der Waals surface area contributed by atoms with E-state index >= 15 is 0 Å². The van der Waals surface area contributed by atoms with E-state index in [2.05, 4.69) is 5.16 Å². The fourth-order valence-electron chi connectivity index (χ4n) is 1.53. The van der Waals surface area contributed by atoms with E-state index in [4.69, 9.17) is 9.57 Å². The molecule has 0 N–H and O–H groups in total. The second-order valence-electron chi connectivity index (χ2n) is 3.55. The van der Waals surface area contributed by atoms with Crippen molar-refractivity contribution in [3.63, 3.8) is 0 Å². The minimum Gasteiger partial charge on any atom is -0.461 e. The van der Waals surface area contributed by atoms with Crippen molar-refractivity contribution < 1.29 is 19.2 Å². The summed E-state index contributed by atoms with van der Waals surface area (Å²) < 4.78 is 4.82. The number of ether oxygens (including phenoxy) is 1. The molecule has 0 fully saturated rings. The zero-order chi connectivity index (χ0) is 11.6. The van der Waals surface area contributed by atoms with Crippen LogP contribution < -0.4 is 0 Å². The molecule has 1 aliphatic heterocycles. The van der Waals surface area contributed by atoms with Crippen molar-refractivity contribution in [1.29, 1.82) is 0 Å². The number of nitrogens with zero attached hydrogens (tertiary/aromatic N) is 1. The minimum absolute atomic E-state index is 0.0983. The number of rotatable bonds is 2. The van der Waals surface area contributed by atoms with Crippen LogP contribution in [-0.2, 0) is 19.2 Å². The van der Waals surface area contributed by atoms with Gasteiger partial charge in [-0.3, -0.25) is 4.79 Å². The highest BCUT2D eigenvalue weighted by Crippen LogP contribution is 2.29. The Balaban J connectivity index is 2.06. The molecule has 5 nitrogen and oxygen atoms in total. The summed E-state index contributed by atoms with van der Waals surface area (Å²) in [5, 5.41) is 3.68. The Kier molecular flexibility index (Phi) is 2.60. The lowest BCUT2D eigenvalue weighted by molar-refractivity contribution is -0.135. The van der Waals surface area contributed by atoms with Gasteiger partial charge in [0, 0.05) is 0 Å². The van der Waals surface area contributed by atoms with Crippen LogP contribution in [0, 0.1) is 0 Å². The normalized spacial score (nSPS) is 20.8. The summed E-state index contributed by atoms with van der Waals surface area (Å²) in [5.74, 6) is -0.572. The van der Waals surface area contributed by atoms with Gasteiger partial charge in [0.15, 0.2) is 17.1 Å². The number of carbonyl (C=O) groups excluding carboxylic acids is 2. The average molecular weight is 221 g/mol. The third-order valence-electron chi connectivity index (χ3n) is 2.34. The number of oxime groups is 1. The van der Waals surface area contributed by atoms with E-state index in [-0.39, 0.29) is 11.5 Å². The van der Waals surface area contributed by atoms with Crippen molar-refractivity contribution in [2.24, 2.45) is 5.16 Å². The average Bonchev–Trinajstić information content (AvgIpc) is 2.68. The predicted molar refractivity (Wildman–Crippen MR) is 55.8 cm³/mol. The summed E-state index contributed by atoms with van der Waals surface area (Å²) in [4.78, 5) is 27.5. The van der Waals surface area contributed by atoms with E-state index in [0.29, 0.717) is 13.0 Å². The SMILES string of the molecule is CCOC(=O)C1=NOC2(C=CC(=O)C=C2)C1. The van der Waals surface area contributed by atoms with Crippen LogP contribution in [0.3, 0.4) is 0 Å². The molecule has 5 heteroatoms. The third-order valence-corrected chi connectivity index (χ3v) is 2.34. The molecule has 0 atom stereocenters. The van der Waals surface area contributed by atoms with Crippen molar-refractivity contribution in [1.82, 2.24) is 0 Å². The first-order valence-corrected chi connectivity index (χ1v) is 5.00. The van der Waals surface area contributed by atoms with Crippen LogP contribution >= 0.6 is 0 Å². The molecular weight excluding hydrogens is 210 g/mol. The number of esters is 1. The number of ketones is 1. The summed E-state index contributed by atoms with van der Waals surface area (Å²) in [5.41, 5.74) is -0.541. The predicted octanol–water partition coefficient (Wildman–Crippen LogP) is 0.760. The van der Waals surface area contributed by atoms with Crippen molar-refractivity contribution >= 4 is 17.5 Å². The quantitative estimate of drug-likeness (QED) is 0.646. The van der Waals surface area contributed by atoms with Crippen molar-refractivity contribution in [2.45, 2.75) is 18.9 Å². The van der Waals surface area contributed by atoms with Crippen LogP contribution in [0.4, 0.5) is 0 Å². The Morgan fingerprint density at radius 1 is 1.56 bits per heavy atom. The van der Waals surface area contributed by atoms with Gasteiger partial charge in [-0.15, -0.1) is 0 Å². The lowest BCUT2D eigenvalue weighted by Gasteiger charge is -2.19. The van der Waals surface area contributed by atoms with E-state index in [1.54, 1.807) is 19.1 Å². The van der Waals surface area contributed by atoms with Crippen LogP contribution in [0.5, 0.6) is 0 Å². The van der Waals surface area contributed by atoms with E-state index in [9.17, 15) is 9.59 Å². The third kappa shape index (κ3) is 1.88. The zero-order valence-corrected chi connectivity index (χ0v) is 8.80. The van der Waals surface area contributed by atoms with Gasteiger partial charge in [0.05, 0.1) is 13.0 Å². The molecule has 16 heavy (non-hydrogen) atoms. The molecule has 84 valence electrons. The lowest BCUT2D eigenvalue weighted by atomic mass is 9.92. The van der Waals surface area contributed by atoms with Gasteiger partial charge in [0.25, 0.3) is 0 Å². The molecule has 0 bridgehead atoms. The summed E-state index contributed by atoms with van der Waals surface area (Å²) >= 11 is 0. The van der Waals surface area contributed by atoms with Gasteiger partial charge >= 0.3 is 5.97 Å². The van der Waals surface area contributed by atoms with Crippen molar-refractivity contribution in [3.8, 4) is 0 Å². The van der Waals surface area contributed by atoms with Gasteiger partial charge in [0.1, 0.15) is 0 Å². The monoisotopic (exact) mass is 221 g/mol. The molecular formula is C11H11NO4. The summed E-state index contributed by atoms with van der Waals surface area (Å²) in [6.45, 7) is 2.03. The molecule has 1 spiro atoms. The molecule has 1 heterocycles. The Labute approximate surface area is 92.4 Å². The molecule has 0 aromatic carbocycles. The molecule has 2 aliphatic rings. The van der Waals surface area contributed by atoms with Gasteiger partial charge in [-0.2, -0.15) is 0 Å². The molecule has 0 radical (unpaired) electrons. The highest BCUT2D eigenvalue weighted by molar-refractivity contribution is 6.37. The first kappa shape index (κ1) is 10.6. The highest BCUT2D eigenvalue weighted by atomic mass is 16.7. The number of allylic oxidation sites excluding steroid dienone is 2. The van der Waals surface area contributed by atoms with Gasteiger partial charge in [-0.05, 0) is 31.2 Å². The Morgan fingerprint density at radius 3 is 2.88 bits per heavy atom. The van der Waals surface area contributed by atoms with Gasteiger partial charge in [-0.1, -0.05) is 5.16 Å². The molecule has 0 aromatic heterocycles. The van der Waals surface area contributed by atoms with Crippen LogP contribution in [0.1, 0.15) is 13.3 Å². The Hall–Kier alpha value is -1.91. The van der Waals surface area contributed by atoms with Crippen LogP contribution in [0.15, 0.2) is 29.5 Å². The first-order chi connectivity index (χ1) is 7.65. The van der Waals surface area contributed by atoms with Crippen LogP contribution in [0.25, 0.3) is 0 Å². The fraction of sp³-hybridized carbons (Fsp3) is 0.364. The fourth-order valence-corrected chi connectivity index (χ4v) is 1.53. The molecule has 0 saturated carbocycles. The van der Waals surface area contributed by atoms with E-state index in [1.165, 1.54) is 12.2 Å². The number of hydrogen-bond acceptors (Lipinski definition) is 5. The second-order valence-corrected chi connectivity index (χ2v) is 3.55. The minimum atomic E-state index is -0.782. The molecule has 2 rings (SSSR count). The maximum absolute atomic E-state index is 11.4. The molecule has 0 aromatic rings. The topological polar surface area (TPSA) is 65.0 Å². The van der Waals surface area contributed by atoms with Gasteiger partial charge in [0.2, 0.25) is 0 Å². The zero-order valence-electron chi connectivity index (χ0n) is 8.80. The second kappa shape index (κ2) is 3.92. The number of hydrogen-bond donors (Lipinski definition) is 0. The van der Waals surface area contributed by atoms with Gasteiger partial charge < -0.3 is 9.57 Å². The summed E-state index contributed by atoms with van der Waals surface area (Å²) in [6.07, 6.45) is 6.31. The molecule has 0 saturated heterocycles. The van der Waals surface area contributed by atoms with Crippen molar-refractivity contribution in [2.75, 3.05) is 6.61 Å². The van der Waals surface area contributed by atoms with Crippen LogP contribution in [0.2, 0.25) is 0 Å². The van der Waals surface area contributed by atoms with Gasteiger partial charge in [-0.25, -0.2) is 4.79 Å². The molecule has 0 amide bonds. The lowest BCUT2D eigenvalue weighted by Crippen LogP contribution is -2.28. The largest absolute Gasteiger partial charge is 0.461 e. The standard InChI is InChI=1S/C11H11NO4/c1-2-15-10(14)9-7-11(16-12-9)5-3-8(13)4-6-11/h3-6H,2,7H2,1H3. The smallest absolute Gasteiger partial charge is 0.356 e. The molecule has 1 aliphatic carbocycles. The maximum atomic E-state index is 11.4. The van der Waals surface area contributed by atoms with Crippen molar-refractivity contribution in [3.05, 3.63) is 24.3 Å². The van der Waals surface area contributed by atoms with E-state index < -0.39 is 11.6 Å². The highest BCUT2D eigenvalue weighted by Gasteiger charge is 2.39. The summed E-state index contributed by atoms with van der Waals surface area (Å²) in [6, 6.07) is 0. The summed E-state index contributed by atoms with van der Waals surface area (Å²) in [7, 11) is 0. The number of carbonyl (C=O) groups is 2. The Bertz CT molecular complexity index is 404. The van der Waals surface area contributed by atoms with E-state index in [0.717, 1.165) is 0 Å². The molecule has 0 unspecified atom stereocenters.